The van der Waals surface area contributed by atoms with Gasteiger partial charge in [0.05, 0.1) is 11.6 Å². The molecule has 0 fully saturated rings. The van der Waals surface area contributed by atoms with Gasteiger partial charge in [0.2, 0.25) is 0 Å². The van der Waals surface area contributed by atoms with E-state index in [4.69, 9.17) is 22.5 Å². The predicted molar refractivity (Wildman–Crippen MR) is 57.2 cm³/mol. The number of oxime groups is 1. The third-order valence-corrected chi connectivity index (χ3v) is 2.03. The molecule has 7 heteroatoms. The van der Waals surface area contributed by atoms with Crippen LogP contribution in [0, 0.1) is 5.82 Å². The van der Waals surface area contributed by atoms with Gasteiger partial charge in [0.1, 0.15) is 5.82 Å². The van der Waals surface area contributed by atoms with Gasteiger partial charge in [-0.25, -0.2) is 4.39 Å². The molecule has 1 aromatic carbocycles. The first kappa shape index (κ1) is 12.3. The fourth-order valence-electron chi connectivity index (χ4n) is 0.946. The number of nitrogens with zero attached hydrogens (tertiary/aromatic N) is 1. The highest BCUT2D eigenvalue weighted by atomic mass is 35.5. The number of hydrogen-bond acceptors (Lipinski definition) is 3. The third kappa shape index (κ3) is 3.09. The number of rotatable bonds is 3. The average molecular weight is 246 g/mol. The van der Waals surface area contributed by atoms with Crippen LogP contribution in [0.25, 0.3) is 0 Å². The van der Waals surface area contributed by atoms with Crippen molar-refractivity contribution in [2.24, 2.45) is 10.9 Å². The van der Waals surface area contributed by atoms with Gasteiger partial charge in [-0.1, -0.05) is 16.8 Å². The number of carbonyl (C=O) groups is 1. The molecule has 0 saturated carbocycles. The summed E-state index contributed by atoms with van der Waals surface area (Å²) in [4.78, 5) is 11.4. The Labute approximate surface area is 95.7 Å². The van der Waals surface area contributed by atoms with Crippen LogP contribution in [0.15, 0.2) is 23.4 Å². The van der Waals surface area contributed by atoms with Crippen molar-refractivity contribution in [3.63, 3.8) is 0 Å². The van der Waals surface area contributed by atoms with Crippen molar-refractivity contribution < 1.29 is 14.4 Å². The smallest absolute Gasteiger partial charge is 0.251 e. The van der Waals surface area contributed by atoms with Crippen LogP contribution in [-0.4, -0.2) is 23.5 Å². The van der Waals surface area contributed by atoms with Gasteiger partial charge in [0.25, 0.3) is 5.91 Å². The molecular weight excluding hydrogens is 237 g/mol. The summed E-state index contributed by atoms with van der Waals surface area (Å²) in [5, 5.41) is 13.1. The van der Waals surface area contributed by atoms with Crippen LogP contribution in [-0.2, 0) is 0 Å². The van der Waals surface area contributed by atoms with E-state index in [1.807, 2.05) is 0 Å². The van der Waals surface area contributed by atoms with Gasteiger partial charge in [0, 0.05) is 5.56 Å². The first-order chi connectivity index (χ1) is 7.54. The quantitative estimate of drug-likeness (QED) is 0.321. The summed E-state index contributed by atoms with van der Waals surface area (Å²) in [6.07, 6.45) is 0. The van der Waals surface area contributed by atoms with Crippen molar-refractivity contribution in [2.45, 2.75) is 0 Å². The molecule has 0 bridgehead atoms. The molecule has 86 valence electrons. The molecule has 1 rings (SSSR count). The first-order valence-electron chi connectivity index (χ1n) is 4.24. The fraction of sp³-hybridized carbons (Fsp3) is 0.111. The maximum Gasteiger partial charge on any atom is 0.251 e. The SMILES string of the molecule is N/C(CNC(=O)c1ccc(F)c(Cl)c1)=N/O. The number of hydrogen-bond donors (Lipinski definition) is 3. The van der Waals surface area contributed by atoms with E-state index in [1.165, 1.54) is 12.1 Å². The average Bonchev–Trinajstić information content (AvgIpc) is 2.29. The molecule has 0 spiro atoms. The zero-order chi connectivity index (χ0) is 12.1. The van der Waals surface area contributed by atoms with Crippen molar-refractivity contribution in [3.05, 3.63) is 34.6 Å². The third-order valence-electron chi connectivity index (χ3n) is 1.74. The van der Waals surface area contributed by atoms with Gasteiger partial charge in [-0.3, -0.25) is 4.79 Å². The lowest BCUT2D eigenvalue weighted by atomic mass is 10.2. The monoisotopic (exact) mass is 245 g/mol. The molecule has 0 atom stereocenters. The molecule has 0 aliphatic heterocycles. The Bertz CT molecular complexity index is 437. The highest BCUT2D eigenvalue weighted by Gasteiger charge is 2.08. The zero-order valence-corrected chi connectivity index (χ0v) is 8.83. The molecule has 0 saturated heterocycles. The van der Waals surface area contributed by atoms with Crippen LogP contribution in [0.4, 0.5) is 4.39 Å². The largest absolute Gasteiger partial charge is 0.409 e. The summed E-state index contributed by atoms with van der Waals surface area (Å²) < 4.78 is 12.8. The number of amidine groups is 1. The van der Waals surface area contributed by atoms with E-state index in [0.29, 0.717) is 0 Å². The van der Waals surface area contributed by atoms with Gasteiger partial charge < -0.3 is 16.3 Å². The van der Waals surface area contributed by atoms with E-state index in [2.05, 4.69) is 10.5 Å². The second kappa shape index (κ2) is 5.32. The van der Waals surface area contributed by atoms with E-state index in [1.54, 1.807) is 0 Å². The maximum atomic E-state index is 12.8. The fourth-order valence-corrected chi connectivity index (χ4v) is 1.13. The van der Waals surface area contributed by atoms with Crippen molar-refractivity contribution in [1.29, 1.82) is 0 Å². The highest BCUT2D eigenvalue weighted by Crippen LogP contribution is 2.15. The van der Waals surface area contributed by atoms with Crippen LogP contribution in [0.5, 0.6) is 0 Å². The lowest BCUT2D eigenvalue weighted by molar-refractivity contribution is 0.0959. The van der Waals surface area contributed by atoms with Crippen LogP contribution >= 0.6 is 11.6 Å². The summed E-state index contributed by atoms with van der Waals surface area (Å²) >= 11 is 5.50. The van der Waals surface area contributed by atoms with E-state index < -0.39 is 11.7 Å². The standard InChI is InChI=1S/C9H9ClFN3O2/c10-6-3-5(1-2-7(6)11)9(15)13-4-8(12)14-16/h1-3,16H,4H2,(H2,12,14)(H,13,15). The van der Waals surface area contributed by atoms with Gasteiger partial charge in [0.15, 0.2) is 5.84 Å². The summed E-state index contributed by atoms with van der Waals surface area (Å²) in [6.45, 7) is -0.107. The zero-order valence-electron chi connectivity index (χ0n) is 8.08. The Morgan fingerprint density at radius 3 is 2.88 bits per heavy atom. The number of benzene rings is 1. The van der Waals surface area contributed by atoms with Gasteiger partial charge in [-0.15, -0.1) is 0 Å². The molecule has 4 N–H and O–H groups in total. The number of nitrogens with two attached hydrogens (primary N) is 1. The molecule has 0 aliphatic rings. The van der Waals surface area contributed by atoms with Crippen molar-refractivity contribution in [3.8, 4) is 0 Å². The van der Waals surface area contributed by atoms with Crippen molar-refractivity contribution >= 4 is 23.3 Å². The van der Waals surface area contributed by atoms with Crippen LogP contribution < -0.4 is 11.1 Å². The lowest BCUT2D eigenvalue weighted by Crippen LogP contribution is -2.33. The van der Waals surface area contributed by atoms with Gasteiger partial charge in [-0.2, -0.15) is 0 Å². The second-order valence-corrected chi connectivity index (χ2v) is 3.31. The van der Waals surface area contributed by atoms with E-state index in [9.17, 15) is 9.18 Å². The Hall–Kier alpha value is -1.82. The maximum absolute atomic E-state index is 12.8. The minimum atomic E-state index is -0.602. The van der Waals surface area contributed by atoms with Crippen LogP contribution in [0.2, 0.25) is 5.02 Å². The Morgan fingerprint density at radius 1 is 1.62 bits per heavy atom. The Balaban J connectivity index is 2.70. The summed E-state index contributed by atoms with van der Waals surface area (Å²) in [5.41, 5.74) is 5.34. The molecule has 0 unspecified atom stereocenters. The van der Waals surface area contributed by atoms with Crippen molar-refractivity contribution in [1.82, 2.24) is 5.32 Å². The molecule has 0 aromatic heterocycles. The minimum absolute atomic E-state index is 0.107. The molecule has 5 nitrogen and oxygen atoms in total. The molecule has 1 aromatic rings. The summed E-state index contributed by atoms with van der Waals surface area (Å²) in [7, 11) is 0. The van der Waals surface area contributed by atoms with Crippen LogP contribution in [0.3, 0.4) is 0 Å². The van der Waals surface area contributed by atoms with Gasteiger partial charge in [-0.05, 0) is 18.2 Å². The van der Waals surface area contributed by atoms with E-state index >= 15 is 0 Å². The molecule has 0 aliphatic carbocycles. The second-order valence-electron chi connectivity index (χ2n) is 2.90. The Morgan fingerprint density at radius 2 is 2.31 bits per heavy atom. The first-order valence-corrected chi connectivity index (χ1v) is 4.62. The minimum Gasteiger partial charge on any atom is -0.409 e. The van der Waals surface area contributed by atoms with Gasteiger partial charge >= 0.3 is 0 Å². The predicted octanol–water partition coefficient (Wildman–Crippen LogP) is 0.955. The van der Waals surface area contributed by atoms with Crippen molar-refractivity contribution in [2.75, 3.05) is 6.54 Å². The molecule has 16 heavy (non-hydrogen) atoms. The molecule has 0 radical (unpaired) electrons. The number of amides is 1. The highest BCUT2D eigenvalue weighted by molar-refractivity contribution is 6.31. The number of halogens is 2. The van der Waals surface area contributed by atoms with E-state index in [-0.39, 0.29) is 23.0 Å². The normalized spacial score (nSPS) is 11.2. The summed E-state index contributed by atoms with van der Waals surface area (Å²) in [6, 6.07) is 3.56. The lowest BCUT2D eigenvalue weighted by Gasteiger charge is -2.04. The Kier molecular flexibility index (Phi) is 4.07. The number of nitrogens with one attached hydrogen (secondary N) is 1. The van der Waals surface area contributed by atoms with E-state index in [0.717, 1.165) is 6.07 Å². The summed E-state index contributed by atoms with van der Waals surface area (Å²) in [5.74, 6) is -1.23. The van der Waals surface area contributed by atoms with Crippen LogP contribution in [0.1, 0.15) is 10.4 Å². The molecule has 0 heterocycles. The topological polar surface area (TPSA) is 87.7 Å². The number of carbonyl (C=O) groups excluding carboxylic acids is 1. The molecular formula is C9H9ClFN3O2. The molecule has 1 amide bonds.